The number of rotatable bonds is 4. The minimum absolute atomic E-state index is 0.117. The summed E-state index contributed by atoms with van der Waals surface area (Å²) in [7, 11) is 3.30. The number of carbonyl (C=O) groups excluding carboxylic acids is 1. The van der Waals surface area contributed by atoms with Crippen molar-refractivity contribution in [2.45, 2.75) is 6.54 Å². The summed E-state index contributed by atoms with van der Waals surface area (Å²) < 4.78 is 6.26. The lowest BCUT2D eigenvalue weighted by atomic mass is 10.1. The second kappa shape index (κ2) is 6.61. The molecular weight excluding hydrogens is 362 g/mol. The molecule has 2 aromatic rings. The van der Waals surface area contributed by atoms with Crippen molar-refractivity contribution in [3.63, 3.8) is 0 Å². The molecule has 3 nitrogen and oxygen atoms in total. The van der Waals surface area contributed by atoms with Crippen LogP contribution < -0.4 is 4.74 Å². The Morgan fingerprint density at radius 2 is 2.15 bits per heavy atom. The number of thiophene rings is 1. The molecular formula is C14H13BrClNO2S. The lowest BCUT2D eigenvalue weighted by molar-refractivity contribution is 0.0783. The number of amides is 1. The average Bonchev–Trinajstić information content (AvgIpc) is 2.83. The van der Waals surface area contributed by atoms with E-state index in [0.717, 1.165) is 8.66 Å². The molecule has 0 unspecified atom stereocenters. The van der Waals surface area contributed by atoms with E-state index in [0.29, 0.717) is 22.9 Å². The third-order valence-electron chi connectivity index (χ3n) is 2.76. The van der Waals surface area contributed by atoms with Gasteiger partial charge in [0.25, 0.3) is 5.91 Å². The van der Waals surface area contributed by atoms with E-state index < -0.39 is 0 Å². The van der Waals surface area contributed by atoms with Crippen molar-refractivity contribution in [3.8, 4) is 5.75 Å². The standard InChI is InChI=1S/C14H13BrClNO2S/c1-17(8-10-4-6-13(15)20-10)14(18)11-7-9(16)3-5-12(11)19-2/h3-7H,8H2,1-2H3. The normalized spacial score (nSPS) is 10.4. The van der Waals surface area contributed by atoms with Crippen LogP contribution in [0.15, 0.2) is 34.1 Å². The Kier molecular flexibility index (Phi) is 5.07. The van der Waals surface area contributed by atoms with E-state index in [4.69, 9.17) is 16.3 Å². The van der Waals surface area contributed by atoms with Crippen LogP contribution in [0.25, 0.3) is 0 Å². The molecule has 0 spiro atoms. The minimum Gasteiger partial charge on any atom is -0.496 e. The highest BCUT2D eigenvalue weighted by Gasteiger charge is 2.17. The van der Waals surface area contributed by atoms with Crippen molar-refractivity contribution in [2.24, 2.45) is 0 Å². The Morgan fingerprint density at radius 1 is 1.40 bits per heavy atom. The topological polar surface area (TPSA) is 29.5 Å². The first-order valence-corrected chi connectivity index (χ1v) is 7.83. The maximum absolute atomic E-state index is 12.5. The van der Waals surface area contributed by atoms with Crippen LogP contribution in [0.3, 0.4) is 0 Å². The van der Waals surface area contributed by atoms with E-state index in [-0.39, 0.29) is 5.91 Å². The summed E-state index contributed by atoms with van der Waals surface area (Å²) in [5.74, 6) is 0.410. The molecule has 1 aromatic heterocycles. The number of ether oxygens (including phenoxy) is 1. The lowest BCUT2D eigenvalue weighted by Gasteiger charge is -2.18. The molecule has 0 N–H and O–H groups in total. The van der Waals surface area contributed by atoms with E-state index in [2.05, 4.69) is 15.9 Å². The van der Waals surface area contributed by atoms with Crippen molar-refractivity contribution in [1.82, 2.24) is 4.90 Å². The third kappa shape index (κ3) is 3.53. The summed E-state index contributed by atoms with van der Waals surface area (Å²) in [4.78, 5) is 15.2. The van der Waals surface area contributed by atoms with Crippen LogP contribution in [0.1, 0.15) is 15.2 Å². The van der Waals surface area contributed by atoms with Gasteiger partial charge in [0.05, 0.1) is 23.0 Å². The largest absolute Gasteiger partial charge is 0.496 e. The highest BCUT2D eigenvalue weighted by molar-refractivity contribution is 9.11. The summed E-state index contributed by atoms with van der Waals surface area (Å²) in [6.45, 7) is 0.546. The van der Waals surface area contributed by atoms with Crippen LogP contribution in [-0.2, 0) is 6.54 Å². The second-order valence-corrected chi connectivity index (χ2v) is 7.20. The van der Waals surface area contributed by atoms with Gasteiger partial charge in [0.15, 0.2) is 0 Å². The van der Waals surface area contributed by atoms with Crippen molar-refractivity contribution in [2.75, 3.05) is 14.2 Å². The van der Waals surface area contributed by atoms with E-state index >= 15 is 0 Å². The molecule has 0 saturated carbocycles. The van der Waals surface area contributed by atoms with Crippen molar-refractivity contribution in [3.05, 3.63) is 49.6 Å². The second-order valence-electron chi connectivity index (χ2n) is 4.21. The first kappa shape index (κ1) is 15.4. The van der Waals surface area contributed by atoms with Crippen molar-refractivity contribution >= 4 is 44.8 Å². The number of nitrogens with zero attached hydrogens (tertiary/aromatic N) is 1. The van der Waals surface area contributed by atoms with Crippen LogP contribution in [0.4, 0.5) is 0 Å². The first-order chi connectivity index (χ1) is 9.51. The predicted molar refractivity (Wildman–Crippen MR) is 85.8 cm³/mol. The maximum atomic E-state index is 12.5. The van der Waals surface area contributed by atoms with E-state index in [9.17, 15) is 4.79 Å². The number of benzene rings is 1. The lowest BCUT2D eigenvalue weighted by Crippen LogP contribution is -2.26. The Morgan fingerprint density at radius 3 is 2.75 bits per heavy atom. The van der Waals surface area contributed by atoms with Gasteiger partial charge in [0, 0.05) is 16.9 Å². The molecule has 0 saturated heterocycles. The van der Waals surface area contributed by atoms with Crippen molar-refractivity contribution in [1.29, 1.82) is 0 Å². The van der Waals surface area contributed by atoms with Gasteiger partial charge in [-0.25, -0.2) is 0 Å². The Hall–Kier alpha value is -1.04. The SMILES string of the molecule is COc1ccc(Cl)cc1C(=O)N(C)Cc1ccc(Br)s1. The molecule has 106 valence electrons. The Labute approximate surface area is 135 Å². The van der Waals surface area contributed by atoms with Crippen LogP contribution >= 0.6 is 38.9 Å². The Balaban J connectivity index is 2.20. The highest BCUT2D eigenvalue weighted by atomic mass is 79.9. The number of hydrogen-bond acceptors (Lipinski definition) is 3. The molecule has 0 atom stereocenters. The summed E-state index contributed by atoms with van der Waals surface area (Å²) in [5.41, 5.74) is 0.470. The summed E-state index contributed by atoms with van der Waals surface area (Å²) in [6, 6.07) is 8.99. The first-order valence-electron chi connectivity index (χ1n) is 5.84. The van der Waals surface area contributed by atoms with Gasteiger partial charge in [-0.05, 0) is 46.3 Å². The zero-order chi connectivity index (χ0) is 14.7. The van der Waals surface area contributed by atoms with Gasteiger partial charge in [0.1, 0.15) is 5.75 Å². The van der Waals surface area contributed by atoms with Gasteiger partial charge in [-0.2, -0.15) is 0 Å². The van der Waals surface area contributed by atoms with Crippen LogP contribution in [0.2, 0.25) is 5.02 Å². The number of methoxy groups -OCH3 is 1. The van der Waals surface area contributed by atoms with Gasteiger partial charge >= 0.3 is 0 Å². The Bertz CT molecular complexity index is 629. The predicted octanol–water partition coefficient (Wildman–Crippen LogP) is 4.44. The molecule has 0 aliphatic heterocycles. The van der Waals surface area contributed by atoms with Crippen LogP contribution in [0, 0.1) is 0 Å². The average molecular weight is 375 g/mol. The van der Waals surface area contributed by atoms with E-state index in [1.807, 2.05) is 12.1 Å². The number of halogens is 2. The van der Waals surface area contributed by atoms with E-state index in [1.165, 1.54) is 7.11 Å². The van der Waals surface area contributed by atoms with Gasteiger partial charge in [-0.15, -0.1) is 11.3 Å². The summed E-state index contributed by atoms with van der Waals surface area (Å²) in [6.07, 6.45) is 0. The minimum atomic E-state index is -0.117. The molecule has 0 radical (unpaired) electrons. The molecule has 1 heterocycles. The van der Waals surface area contributed by atoms with Gasteiger partial charge in [-0.1, -0.05) is 11.6 Å². The fraction of sp³-hybridized carbons (Fsp3) is 0.214. The van der Waals surface area contributed by atoms with Crippen LogP contribution in [0.5, 0.6) is 5.75 Å². The molecule has 6 heteroatoms. The smallest absolute Gasteiger partial charge is 0.257 e. The zero-order valence-corrected chi connectivity index (χ0v) is 14.2. The van der Waals surface area contributed by atoms with Gasteiger partial charge < -0.3 is 9.64 Å². The quantitative estimate of drug-likeness (QED) is 0.791. The molecule has 0 aliphatic rings. The number of hydrogen-bond donors (Lipinski definition) is 0. The van der Waals surface area contributed by atoms with Gasteiger partial charge in [-0.3, -0.25) is 4.79 Å². The molecule has 0 aliphatic carbocycles. The van der Waals surface area contributed by atoms with Crippen LogP contribution in [-0.4, -0.2) is 25.0 Å². The number of carbonyl (C=O) groups is 1. The zero-order valence-electron chi connectivity index (χ0n) is 11.0. The fourth-order valence-corrected chi connectivity index (χ4v) is 3.50. The summed E-state index contributed by atoms with van der Waals surface area (Å²) >= 11 is 11.0. The molecule has 1 amide bonds. The fourth-order valence-electron chi connectivity index (χ4n) is 1.80. The molecule has 0 bridgehead atoms. The maximum Gasteiger partial charge on any atom is 0.257 e. The van der Waals surface area contributed by atoms with Gasteiger partial charge in [0.2, 0.25) is 0 Å². The third-order valence-corrected chi connectivity index (χ3v) is 4.60. The van der Waals surface area contributed by atoms with Crippen molar-refractivity contribution < 1.29 is 9.53 Å². The highest BCUT2D eigenvalue weighted by Crippen LogP contribution is 2.26. The summed E-state index contributed by atoms with van der Waals surface area (Å²) in [5, 5.41) is 0.515. The monoisotopic (exact) mass is 373 g/mol. The van der Waals surface area contributed by atoms with E-state index in [1.54, 1.807) is 41.5 Å². The molecule has 1 aromatic carbocycles. The molecule has 0 fully saturated rings. The molecule has 2 rings (SSSR count). The molecule has 20 heavy (non-hydrogen) atoms.